The van der Waals surface area contributed by atoms with E-state index in [0.29, 0.717) is 12.2 Å². The minimum Gasteiger partial charge on any atom is -0.357 e. The lowest BCUT2D eigenvalue weighted by molar-refractivity contribution is 0.0933. The Labute approximate surface area is 108 Å². The average molecular weight is 258 g/mol. The highest BCUT2D eigenvalue weighted by Crippen LogP contribution is 2.25. The zero-order valence-electron chi connectivity index (χ0n) is 9.87. The Morgan fingerprint density at radius 2 is 2.12 bits per heavy atom. The molecule has 5 heteroatoms. The number of carbonyl (C=O) groups excluding carboxylic acids is 1. The van der Waals surface area contributed by atoms with Crippen molar-refractivity contribution in [2.75, 3.05) is 6.54 Å². The Bertz CT molecular complexity index is 345. The van der Waals surface area contributed by atoms with E-state index in [-0.39, 0.29) is 23.9 Å². The quantitative estimate of drug-likeness (QED) is 0.773. The van der Waals surface area contributed by atoms with E-state index >= 15 is 0 Å². The van der Waals surface area contributed by atoms with E-state index < -0.39 is 0 Å². The van der Waals surface area contributed by atoms with Gasteiger partial charge in [-0.05, 0) is 25.0 Å². The smallest absolute Gasteiger partial charge is 0.267 e. The number of carbonyl (C=O) groups is 1. The Hall–Kier alpha value is -1.00. The first-order valence-electron chi connectivity index (χ1n) is 5.90. The van der Waals surface area contributed by atoms with E-state index in [1.54, 1.807) is 12.3 Å². The number of rotatable bonds is 3. The number of nitrogens with one attached hydrogen (secondary N) is 2. The van der Waals surface area contributed by atoms with Crippen LogP contribution in [0.4, 0.5) is 0 Å². The summed E-state index contributed by atoms with van der Waals surface area (Å²) in [7, 11) is 0. The van der Waals surface area contributed by atoms with Gasteiger partial charge in [0, 0.05) is 18.3 Å². The largest absolute Gasteiger partial charge is 0.357 e. The average Bonchev–Trinajstić information content (AvgIpc) is 2.80. The summed E-state index contributed by atoms with van der Waals surface area (Å²) < 4.78 is 0. The van der Waals surface area contributed by atoms with Crippen molar-refractivity contribution >= 4 is 18.3 Å². The zero-order chi connectivity index (χ0) is 11.4. The summed E-state index contributed by atoms with van der Waals surface area (Å²) in [6, 6.07) is 3.58. The molecule has 1 aromatic heterocycles. The highest BCUT2D eigenvalue weighted by molar-refractivity contribution is 5.92. The third-order valence-corrected chi connectivity index (χ3v) is 3.29. The monoisotopic (exact) mass is 257 g/mol. The summed E-state index contributed by atoms with van der Waals surface area (Å²) in [5.41, 5.74) is 6.64. The molecule has 1 heterocycles. The van der Waals surface area contributed by atoms with Crippen molar-refractivity contribution < 1.29 is 4.79 Å². The highest BCUT2D eigenvalue weighted by atomic mass is 35.5. The van der Waals surface area contributed by atoms with Crippen LogP contribution in [0, 0.1) is 0 Å². The number of H-pyrrole nitrogens is 1. The first kappa shape index (κ1) is 14.1. The Balaban J connectivity index is 0.00000144. The van der Waals surface area contributed by atoms with Gasteiger partial charge in [-0.15, -0.1) is 12.4 Å². The van der Waals surface area contributed by atoms with Crippen LogP contribution in [0.1, 0.15) is 42.6 Å². The van der Waals surface area contributed by atoms with Gasteiger partial charge in [0.15, 0.2) is 0 Å². The summed E-state index contributed by atoms with van der Waals surface area (Å²) in [6.45, 7) is 0.574. The van der Waals surface area contributed by atoms with Crippen molar-refractivity contribution in [1.82, 2.24) is 10.3 Å². The number of hydrogen-bond acceptors (Lipinski definition) is 2. The molecular formula is C12H20ClN3O. The first-order valence-corrected chi connectivity index (χ1v) is 5.90. The van der Waals surface area contributed by atoms with Crippen LogP contribution in [0.25, 0.3) is 0 Å². The first-order chi connectivity index (χ1) is 7.70. The number of nitrogens with two attached hydrogens (primary N) is 1. The molecule has 1 amide bonds. The molecule has 0 aromatic carbocycles. The van der Waals surface area contributed by atoms with Crippen molar-refractivity contribution in [2.45, 2.75) is 37.6 Å². The van der Waals surface area contributed by atoms with Crippen molar-refractivity contribution in [3.8, 4) is 0 Å². The molecule has 1 fully saturated rings. The third-order valence-electron chi connectivity index (χ3n) is 3.29. The van der Waals surface area contributed by atoms with Gasteiger partial charge in [0.2, 0.25) is 0 Å². The van der Waals surface area contributed by atoms with Crippen molar-refractivity contribution in [1.29, 1.82) is 0 Å². The highest BCUT2D eigenvalue weighted by Gasteiger charge is 2.27. The second-order valence-corrected chi connectivity index (χ2v) is 4.69. The molecule has 0 bridgehead atoms. The molecular weight excluding hydrogens is 238 g/mol. The normalized spacial score (nSPS) is 18.2. The molecule has 0 saturated heterocycles. The number of halogens is 1. The molecule has 1 aromatic rings. The van der Waals surface area contributed by atoms with Crippen LogP contribution < -0.4 is 11.1 Å². The van der Waals surface area contributed by atoms with Crippen LogP contribution >= 0.6 is 12.4 Å². The predicted molar refractivity (Wildman–Crippen MR) is 70.4 cm³/mol. The molecule has 0 spiro atoms. The molecule has 96 valence electrons. The van der Waals surface area contributed by atoms with Crippen LogP contribution in [0.3, 0.4) is 0 Å². The van der Waals surface area contributed by atoms with Gasteiger partial charge in [-0.2, -0.15) is 0 Å². The molecule has 4 N–H and O–H groups in total. The fourth-order valence-corrected chi connectivity index (χ4v) is 2.26. The fraction of sp³-hybridized carbons (Fsp3) is 0.583. The molecule has 0 unspecified atom stereocenters. The maximum Gasteiger partial charge on any atom is 0.267 e. The van der Waals surface area contributed by atoms with Crippen LogP contribution in [0.5, 0.6) is 0 Å². The molecule has 0 aliphatic heterocycles. The lowest BCUT2D eigenvalue weighted by Gasteiger charge is -2.33. The van der Waals surface area contributed by atoms with E-state index in [1.165, 1.54) is 19.3 Å². The van der Waals surface area contributed by atoms with Crippen molar-refractivity contribution in [2.24, 2.45) is 5.73 Å². The van der Waals surface area contributed by atoms with Gasteiger partial charge in [-0.1, -0.05) is 19.3 Å². The van der Waals surface area contributed by atoms with Gasteiger partial charge in [-0.3, -0.25) is 4.79 Å². The van der Waals surface area contributed by atoms with E-state index in [1.807, 2.05) is 6.07 Å². The minimum atomic E-state index is -0.194. The minimum absolute atomic E-state index is 0. The Morgan fingerprint density at radius 1 is 1.41 bits per heavy atom. The van der Waals surface area contributed by atoms with Crippen molar-refractivity contribution in [3.63, 3.8) is 0 Å². The summed E-state index contributed by atoms with van der Waals surface area (Å²) in [5.74, 6) is -0.0691. The third kappa shape index (κ3) is 3.75. The lowest BCUT2D eigenvalue weighted by Crippen LogP contribution is -2.51. The molecule has 2 rings (SSSR count). The molecule has 4 nitrogen and oxygen atoms in total. The SMILES string of the molecule is Cl.NC1(CNC(=O)c2ccc[nH]2)CCCCC1. The molecule has 1 aliphatic carbocycles. The Morgan fingerprint density at radius 3 is 2.71 bits per heavy atom. The molecule has 1 saturated carbocycles. The summed E-state index contributed by atoms with van der Waals surface area (Å²) >= 11 is 0. The second-order valence-electron chi connectivity index (χ2n) is 4.69. The number of aromatic nitrogens is 1. The van der Waals surface area contributed by atoms with Crippen LogP contribution in [0.15, 0.2) is 18.3 Å². The fourth-order valence-electron chi connectivity index (χ4n) is 2.26. The lowest BCUT2D eigenvalue weighted by atomic mass is 9.82. The predicted octanol–water partition coefficient (Wildman–Crippen LogP) is 1.83. The van der Waals surface area contributed by atoms with Crippen LogP contribution in [-0.4, -0.2) is 23.0 Å². The summed E-state index contributed by atoms with van der Waals surface area (Å²) in [5, 5.41) is 2.90. The molecule has 17 heavy (non-hydrogen) atoms. The molecule has 0 atom stereocenters. The number of aromatic amines is 1. The van der Waals surface area contributed by atoms with Gasteiger partial charge < -0.3 is 16.0 Å². The topological polar surface area (TPSA) is 70.9 Å². The van der Waals surface area contributed by atoms with E-state index in [2.05, 4.69) is 10.3 Å². The van der Waals surface area contributed by atoms with Crippen molar-refractivity contribution in [3.05, 3.63) is 24.0 Å². The second kappa shape index (κ2) is 6.07. The summed E-state index contributed by atoms with van der Waals surface area (Å²) in [6.07, 6.45) is 7.39. The van der Waals surface area contributed by atoms with Gasteiger partial charge in [-0.25, -0.2) is 0 Å². The van der Waals surface area contributed by atoms with Gasteiger partial charge in [0.1, 0.15) is 5.69 Å². The number of amides is 1. The van der Waals surface area contributed by atoms with Gasteiger partial charge >= 0.3 is 0 Å². The van der Waals surface area contributed by atoms with E-state index in [0.717, 1.165) is 12.8 Å². The van der Waals surface area contributed by atoms with Crippen LogP contribution in [-0.2, 0) is 0 Å². The van der Waals surface area contributed by atoms with E-state index in [4.69, 9.17) is 5.73 Å². The maximum atomic E-state index is 11.7. The molecule has 0 radical (unpaired) electrons. The standard InChI is InChI=1S/C12H19N3O.ClH/c13-12(6-2-1-3-7-12)9-15-11(16)10-5-4-8-14-10;/h4-5,8,14H,1-3,6-7,9,13H2,(H,15,16);1H. The van der Waals surface area contributed by atoms with E-state index in [9.17, 15) is 4.79 Å². The summed E-state index contributed by atoms with van der Waals surface area (Å²) in [4.78, 5) is 14.6. The zero-order valence-corrected chi connectivity index (χ0v) is 10.7. The maximum absolute atomic E-state index is 11.7. The van der Waals surface area contributed by atoms with Crippen LogP contribution in [0.2, 0.25) is 0 Å². The van der Waals surface area contributed by atoms with Gasteiger partial charge in [0.05, 0.1) is 0 Å². The Kier molecular flexibility index (Phi) is 5.02. The molecule has 1 aliphatic rings. The van der Waals surface area contributed by atoms with Gasteiger partial charge in [0.25, 0.3) is 5.91 Å². The number of hydrogen-bond donors (Lipinski definition) is 3.